The lowest BCUT2D eigenvalue weighted by Gasteiger charge is -2.35. The highest BCUT2D eigenvalue weighted by Crippen LogP contribution is 2.29. The number of nitrogens with one attached hydrogen (secondary N) is 6. The SMILES string of the molecule is CN[C@@H](C)C(=O)N[C@H](C(=O)N[C@H](C(=O)NC1=C(c2ccccc2)NNS1)C(C)(C)C)C1CCCCC1. The number of carbonyl (C=O) groups is 3. The van der Waals surface area contributed by atoms with Crippen molar-refractivity contribution in [3.8, 4) is 0 Å². The maximum atomic E-state index is 13.6. The Morgan fingerprint density at radius 1 is 0.972 bits per heavy atom. The van der Waals surface area contributed by atoms with Crippen molar-refractivity contribution in [3.05, 3.63) is 40.9 Å². The van der Waals surface area contributed by atoms with Gasteiger partial charge >= 0.3 is 0 Å². The first-order chi connectivity index (χ1) is 17.1. The maximum absolute atomic E-state index is 13.6. The number of amides is 3. The lowest BCUT2D eigenvalue weighted by atomic mass is 9.82. The summed E-state index contributed by atoms with van der Waals surface area (Å²) >= 11 is 1.27. The molecule has 3 rings (SSSR count). The van der Waals surface area contributed by atoms with E-state index in [-0.39, 0.29) is 23.6 Å². The lowest BCUT2D eigenvalue weighted by Crippen LogP contribution is -2.60. The zero-order chi connectivity index (χ0) is 26.3. The molecule has 1 saturated carbocycles. The summed E-state index contributed by atoms with van der Waals surface area (Å²) in [5, 5.41) is 12.5. The normalized spacial score (nSPS) is 19.1. The van der Waals surface area contributed by atoms with Gasteiger partial charge in [-0.25, -0.2) is 0 Å². The molecule has 1 aromatic rings. The van der Waals surface area contributed by atoms with Gasteiger partial charge in [-0.15, -0.1) is 0 Å². The van der Waals surface area contributed by atoms with Gasteiger partial charge in [0.1, 0.15) is 17.1 Å². The van der Waals surface area contributed by atoms with Gasteiger partial charge in [-0.2, -0.15) is 4.83 Å². The highest BCUT2D eigenvalue weighted by molar-refractivity contribution is 8.01. The second kappa shape index (κ2) is 12.6. The average molecular weight is 517 g/mol. The zero-order valence-corrected chi connectivity index (χ0v) is 22.7. The van der Waals surface area contributed by atoms with Crippen molar-refractivity contribution < 1.29 is 14.4 Å². The van der Waals surface area contributed by atoms with E-state index in [1.54, 1.807) is 14.0 Å². The second-order valence-corrected chi connectivity index (χ2v) is 11.4. The predicted molar refractivity (Wildman–Crippen MR) is 144 cm³/mol. The minimum absolute atomic E-state index is 0.0432. The number of hydrazine groups is 1. The Labute approximate surface area is 218 Å². The van der Waals surface area contributed by atoms with Crippen LogP contribution in [-0.4, -0.2) is 42.9 Å². The number of rotatable bonds is 9. The zero-order valence-electron chi connectivity index (χ0n) is 21.9. The molecule has 1 aromatic carbocycles. The first kappa shape index (κ1) is 28.0. The molecule has 6 N–H and O–H groups in total. The lowest BCUT2D eigenvalue weighted by molar-refractivity contribution is -0.135. The largest absolute Gasteiger partial charge is 0.343 e. The first-order valence-electron chi connectivity index (χ1n) is 12.7. The average Bonchev–Trinajstić information content (AvgIpc) is 3.33. The number of hydrogen-bond donors (Lipinski definition) is 6. The highest BCUT2D eigenvalue weighted by Gasteiger charge is 2.38. The van der Waals surface area contributed by atoms with Crippen molar-refractivity contribution in [1.29, 1.82) is 0 Å². The van der Waals surface area contributed by atoms with Gasteiger partial charge in [0, 0.05) is 5.56 Å². The van der Waals surface area contributed by atoms with Crippen LogP contribution in [0.4, 0.5) is 0 Å². The van der Waals surface area contributed by atoms with Crippen molar-refractivity contribution in [1.82, 2.24) is 31.5 Å². The summed E-state index contributed by atoms with van der Waals surface area (Å²) in [5.74, 6) is -0.811. The molecular weight excluding hydrogens is 476 g/mol. The molecule has 0 radical (unpaired) electrons. The molecule has 1 aliphatic heterocycles. The summed E-state index contributed by atoms with van der Waals surface area (Å²) < 4.78 is 0. The Balaban J connectivity index is 1.79. The van der Waals surface area contributed by atoms with E-state index in [0.717, 1.165) is 43.4 Å². The summed E-state index contributed by atoms with van der Waals surface area (Å²) in [4.78, 5) is 42.8. The first-order valence-corrected chi connectivity index (χ1v) is 13.5. The summed E-state index contributed by atoms with van der Waals surface area (Å²) in [6.45, 7) is 7.51. The van der Waals surface area contributed by atoms with E-state index in [0.29, 0.717) is 5.03 Å². The molecule has 9 nitrogen and oxygen atoms in total. The van der Waals surface area contributed by atoms with Crippen LogP contribution in [0, 0.1) is 11.3 Å². The van der Waals surface area contributed by atoms with Gasteiger partial charge in [-0.1, -0.05) is 70.4 Å². The Bertz CT molecular complexity index is 956. The highest BCUT2D eigenvalue weighted by atomic mass is 32.2. The molecule has 36 heavy (non-hydrogen) atoms. The molecule has 10 heteroatoms. The molecule has 198 valence electrons. The van der Waals surface area contributed by atoms with Crippen LogP contribution in [0.1, 0.15) is 65.4 Å². The van der Waals surface area contributed by atoms with Gasteiger partial charge in [0.05, 0.1) is 11.7 Å². The molecule has 3 atom stereocenters. The maximum Gasteiger partial charge on any atom is 0.247 e. The van der Waals surface area contributed by atoms with E-state index in [2.05, 4.69) is 31.5 Å². The van der Waals surface area contributed by atoms with Crippen molar-refractivity contribution in [2.45, 2.75) is 77.9 Å². The minimum atomic E-state index is -0.805. The van der Waals surface area contributed by atoms with E-state index >= 15 is 0 Å². The molecule has 1 aliphatic carbocycles. The van der Waals surface area contributed by atoms with Crippen LogP contribution in [0.2, 0.25) is 0 Å². The van der Waals surface area contributed by atoms with Crippen LogP contribution in [0.15, 0.2) is 35.4 Å². The number of likely N-dealkylation sites (N-methyl/N-ethyl adjacent to an activating group) is 1. The summed E-state index contributed by atoms with van der Waals surface area (Å²) in [6.07, 6.45) is 4.95. The summed E-state index contributed by atoms with van der Waals surface area (Å²) in [6, 6.07) is 7.78. The molecule has 0 unspecified atom stereocenters. The third kappa shape index (κ3) is 7.24. The van der Waals surface area contributed by atoms with Crippen LogP contribution in [0.5, 0.6) is 0 Å². The molecule has 2 aliphatic rings. The molecule has 1 fully saturated rings. The Morgan fingerprint density at radius 2 is 1.64 bits per heavy atom. The van der Waals surface area contributed by atoms with Crippen molar-refractivity contribution in [2.75, 3.05) is 7.05 Å². The number of benzene rings is 1. The van der Waals surface area contributed by atoms with Crippen molar-refractivity contribution >= 4 is 35.4 Å². The van der Waals surface area contributed by atoms with Gasteiger partial charge in [-0.05, 0) is 50.1 Å². The standard InChI is InChI=1S/C26H40N6O3S/c1-16(27-5)22(33)28-19(17-12-8-6-9-13-17)23(34)29-21(26(2,3)4)24(35)30-25-20(31-32-36-25)18-14-10-7-11-15-18/h7,10-11,14-17,19,21,27,31-32H,6,8-9,12-13H2,1-5H3,(H,28,33)(H,29,34)(H,30,35)/t16-,19-,21+/m0/s1. The quantitative estimate of drug-likeness (QED) is 0.279. The van der Waals surface area contributed by atoms with Gasteiger partial charge in [0.2, 0.25) is 17.7 Å². The van der Waals surface area contributed by atoms with Crippen LogP contribution >= 0.6 is 11.9 Å². The smallest absolute Gasteiger partial charge is 0.247 e. The van der Waals surface area contributed by atoms with E-state index in [4.69, 9.17) is 0 Å². The van der Waals surface area contributed by atoms with Gasteiger partial charge in [-0.3, -0.25) is 14.4 Å². The van der Waals surface area contributed by atoms with Crippen LogP contribution in [0.25, 0.3) is 5.70 Å². The van der Waals surface area contributed by atoms with Crippen LogP contribution < -0.4 is 31.5 Å². The molecule has 0 aromatic heterocycles. The topological polar surface area (TPSA) is 123 Å². The fourth-order valence-electron chi connectivity index (χ4n) is 4.50. The van der Waals surface area contributed by atoms with Gasteiger partial charge in [0.25, 0.3) is 0 Å². The number of carbonyl (C=O) groups excluding carboxylic acids is 3. The second-order valence-electron chi connectivity index (χ2n) is 10.6. The molecule has 3 amide bonds. The van der Waals surface area contributed by atoms with Crippen LogP contribution in [-0.2, 0) is 14.4 Å². The summed E-state index contributed by atoms with van der Waals surface area (Å²) in [7, 11) is 1.71. The van der Waals surface area contributed by atoms with Crippen molar-refractivity contribution in [2.24, 2.45) is 11.3 Å². The molecule has 0 bridgehead atoms. The Kier molecular flexibility index (Phi) is 9.81. The number of hydrogen-bond acceptors (Lipinski definition) is 7. The van der Waals surface area contributed by atoms with E-state index in [1.807, 2.05) is 51.1 Å². The monoisotopic (exact) mass is 516 g/mol. The predicted octanol–water partition coefficient (Wildman–Crippen LogP) is 2.39. The van der Waals surface area contributed by atoms with E-state index in [9.17, 15) is 14.4 Å². The van der Waals surface area contributed by atoms with Crippen molar-refractivity contribution in [3.63, 3.8) is 0 Å². The molecule has 0 spiro atoms. The molecule has 1 heterocycles. The minimum Gasteiger partial charge on any atom is -0.343 e. The van der Waals surface area contributed by atoms with E-state index < -0.39 is 23.5 Å². The van der Waals surface area contributed by atoms with E-state index in [1.165, 1.54) is 11.9 Å². The van der Waals surface area contributed by atoms with Gasteiger partial charge < -0.3 is 26.7 Å². The van der Waals surface area contributed by atoms with Gasteiger partial charge in [0.15, 0.2) is 0 Å². The molecule has 0 saturated heterocycles. The third-order valence-corrected chi connectivity index (χ3v) is 7.51. The van der Waals surface area contributed by atoms with Crippen LogP contribution in [0.3, 0.4) is 0 Å². The Hall–Kier alpha value is -2.56. The Morgan fingerprint density at radius 3 is 2.25 bits per heavy atom. The third-order valence-electron chi connectivity index (χ3n) is 6.80. The fraction of sp³-hybridized carbons (Fsp3) is 0.577. The molecular formula is C26H40N6O3S. The summed E-state index contributed by atoms with van der Waals surface area (Å²) in [5.41, 5.74) is 4.22. The fourth-order valence-corrected chi connectivity index (χ4v) is 5.17.